The lowest BCUT2D eigenvalue weighted by Crippen LogP contribution is -2.56. The fourth-order valence-corrected chi connectivity index (χ4v) is 3.05. The molecule has 1 aliphatic rings. The van der Waals surface area contributed by atoms with Gasteiger partial charge in [0, 0.05) is 37.0 Å². The number of thiazole rings is 1. The molecular formula is C13H22N4OS. The van der Waals surface area contributed by atoms with Crippen LogP contribution in [0.1, 0.15) is 31.5 Å². The van der Waals surface area contributed by atoms with Gasteiger partial charge in [-0.05, 0) is 0 Å². The van der Waals surface area contributed by atoms with Crippen molar-refractivity contribution in [1.29, 1.82) is 0 Å². The summed E-state index contributed by atoms with van der Waals surface area (Å²) in [6, 6.07) is -0.228. The Hall–Kier alpha value is -0.980. The minimum atomic E-state index is -0.265. The fourth-order valence-electron chi connectivity index (χ4n) is 2.15. The van der Waals surface area contributed by atoms with E-state index in [1.54, 1.807) is 11.3 Å². The Bertz CT molecular complexity index is 452. The van der Waals surface area contributed by atoms with E-state index >= 15 is 0 Å². The van der Waals surface area contributed by atoms with Crippen molar-refractivity contribution in [3.63, 3.8) is 0 Å². The van der Waals surface area contributed by atoms with Gasteiger partial charge in [-0.25, -0.2) is 4.98 Å². The number of carbonyl (C=O) groups excluding carboxylic acids is 1. The van der Waals surface area contributed by atoms with Gasteiger partial charge in [-0.1, -0.05) is 20.8 Å². The smallest absolute Gasteiger partial charge is 0.236 e. The number of piperazine rings is 1. The fraction of sp³-hybridized carbons (Fsp3) is 0.692. The molecule has 3 N–H and O–H groups in total. The number of hydrogen-bond donors (Lipinski definition) is 2. The third-order valence-corrected chi connectivity index (χ3v) is 4.56. The van der Waals surface area contributed by atoms with Crippen LogP contribution >= 0.6 is 11.3 Å². The molecule has 0 aromatic carbocycles. The van der Waals surface area contributed by atoms with Crippen LogP contribution in [0, 0.1) is 0 Å². The molecule has 2 rings (SSSR count). The zero-order chi connectivity index (χ0) is 14.0. The van der Waals surface area contributed by atoms with Gasteiger partial charge in [0.25, 0.3) is 0 Å². The van der Waals surface area contributed by atoms with Crippen molar-refractivity contribution in [2.45, 2.75) is 38.8 Å². The molecule has 1 aliphatic heterocycles. The highest BCUT2D eigenvalue weighted by atomic mass is 32.1. The summed E-state index contributed by atoms with van der Waals surface area (Å²) in [5.41, 5.74) is 6.56. The maximum Gasteiger partial charge on any atom is 0.236 e. The largest absolute Gasteiger partial charge is 0.368 e. The van der Waals surface area contributed by atoms with Crippen molar-refractivity contribution in [2.24, 2.45) is 5.73 Å². The maximum atomic E-state index is 11.4. The molecule has 1 fully saturated rings. The zero-order valence-electron chi connectivity index (χ0n) is 11.8. The molecule has 0 spiro atoms. The predicted molar refractivity (Wildman–Crippen MR) is 77.1 cm³/mol. The van der Waals surface area contributed by atoms with E-state index in [-0.39, 0.29) is 17.4 Å². The highest BCUT2D eigenvalue weighted by molar-refractivity contribution is 7.09. The van der Waals surface area contributed by atoms with Gasteiger partial charge in [0.15, 0.2) is 0 Å². The van der Waals surface area contributed by atoms with E-state index in [1.165, 1.54) is 0 Å². The quantitative estimate of drug-likeness (QED) is 0.856. The lowest BCUT2D eigenvalue weighted by molar-refractivity contribution is -0.124. The summed E-state index contributed by atoms with van der Waals surface area (Å²) >= 11 is 1.69. The van der Waals surface area contributed by atoms with Crippen LogP contribution in [-0.2, 0) is 16.8 Å². The molecule has 19 heavy (non-hydrogen) atoms. The van der Waals surface area contributed by atoms with E-state index < -0.39 is 0 Å². The first-order chi connectivity index (χ1) is 8.88. The molecule has 106 valence electrons. The van der Waals surface area contributed by atoms with Crippen molar-refractivity contribution >= 4 is 17.2 Å². The SMILES string of the molecule is CC(C)(C)c1nc(CN2CCNCC2C(N)=O)cs1. The number of primary amides is 1. The van der Waals surface area contributed by atoms with Gasteiger partial charge in [0.05, 0.1) is 10.7 Å². The number of carbonyl (C=O) groups is 1. The van der Waals surface area contributed by atoms with Crippen molar-refractivity contribution in [2.75, 3.05) is 19.6 Å². The van der Waals surface area contributed by atoms with Crippen LogP contribution in [0.15, 0.2) is 5.38 Å². The van der Waals surface area contributed by atoms with Gasteiger partial charge < -0.3 is 11.1 Å². The normalized spacial score (nSPS) is 21.5. The summed E-state index contributed by atoms with van der Waals surface area (Å²) in [4.78, 5) is 18.2. The number of aromatic nitrogens is 1. The molecule has 1 aromatic heterocycles. The van der Waals surface area contributed by atoms with Crippen LogP contribution in [0.2, 0.25) is 0 Å². The highest BCUT2D eigenvalue weighted by Gasteiger charge is 2.27. The first-order valence-electron chi connectivity index (χ1n) is 6.57. The summed E-state index contributed by atoms with van der Waals surface area (Å²) in [7, 11) is 0. The maximum absolute atomic E-state index is 11.4. The van der Waals surface area contributed by atoms with Crippen molar-refractivity contribution < 1.29 is 4.79 Å². The van der Waals surface area contributed by atoms with Crippen LogP contribution in [0.3, 0.4) is 0 Å². The summed E-state index contributed by atoms with van der Waals surface area (Å²) < 4.78 is 0. The summed E-state index contributed by atoms with van der Waals surface area (Å²) in [5.74, 6) is -0.265. The van der Waals surface area contributed by atoms with E-state index in [9.17, 15) is 4.79 Å². The van der Waals surface area contributed by atoms with Crippen LogP contribution in [0.4, 0.5) is 0 Å². The number of rotatable bonds is 3. The number of nitrogens with one attached hydrogen (secondary N) is 1. The Balaban J connectivity index is 2.07. The first kappa shape index (κ1) is 14.4. The number of nitrogens with zero attached hydrogens (tertiary/aromatic N) is 2. The number of hydrogen-bond acceptors (Lipinski definition) is 5. The average Bonchev–Trinajstić information content (AvgIpc) is 2.77. The van der Waals surface area contributed by atoms with Gasteiger partial charge in [-0.3, -0.25) is 9.69 Å². The van der Waals surface area contributed by atoms with Crippen LogP contribution in [-0.4, -0.2) is 41.5 Å². The average molecular weight is 282 g/mol. The predicted octanol–water partition coefficient (Wildman–Crippen LogP) is 0.700. The second-order valence-corrected chi connectivity index (χ2v) is 6.84. The van der Waals surface area contributed by atoms with Gasteiger partial charge >= 0.3 is 0 Å². The minimum absolute atomic E-state index is 0.0788. The first-order valence-corrected chi connectivity index (χ1v) is 7.45. The van der Waals surface area contributed by atoms with Crippen molar-refractivity contribution in [3.8, 4) is 0 Å². The molecule has 1 unspecified atom stereocenters. The second kappa shape index (κ2) is 5.56. The van der Waals surface area contributed by atoms with Gasteiger partial charge in [-0.2, -0.15) is 0 Å². The Kier molecular flexibility index (Phi) is 4.23. The van der Waals surface area contributed by atoms with Gasteiger partial charge in [0.1, 0.15) is 6.04 Å². The molecule has 1 aromatic rings. The molecule has 0 radical (unpaired) electrons. The monoisotopic (exact) mass is 282 g/mol. The van der Waals surface area contributed by atoms with Crippen molar-refractivity contribution in [1.82, 2.24) is 15.2 Å². The minimum Gasteiger partial charge on any atom is -0.368 e. The molecule has 0 bridgehead atoms. The molecule has 0 saturated carbocycles. The molecule has 1 atom stereocenters. The van der Waals surface area contributed by atoms with Gasteiger partial charge in [-0.15, -0.1) is 11.3 Å². The summed E-state index contributed by atoms with van der Waals surface area (Å²) in [6.45, 7) is 9.52. The molecule has 0 aliphatic carbocycles. The lowest BCUT2D eigenvalue weighted by Gasteiger charge is -2.33. The zero-order valence-corrected chi connectivity index (χ0v) is 12.6. The Morgan fingerprint density at radius 2 is 2.37 bits per heavy atom. The third kappa shape index (κ3) is 3.52. The molecule has 1 saturated heterocycles. The van der Waals surface area contributed by atoms with Crippen LogP contribution < -0.4 is 11.1 Å². The van der Waals surface area contributed by atoms with Crippen molar-refractivity contribution in [3.05, 3.63) is 16.1 Å². The van der Waals surface area contributed by atoms with Crippen LogP contribution in [0.25, 0.3) is 0 Å². The highest BCUT2D eigenvalue weighted by Crippen LogP contribution is 2.26. The van der Waals surface area contributed by atoms with Gasteiger partial charge in [0.2, 0.25) is 5.91 Å². The second-order valence-electron chi connectivity index (χ2n) is 5.99. The summed E-state index contributed by atoms with van der Waals surface area (Å²) in [6.07, 6.45) is 0. The molecular weight excluding hydrogens is 260 g/mol. The Morgan fingerprint density at radius 1 is 1.63 bits per heavy atom. The Morgan fingerprint density at radius 3 is 2.95 bits per heavy atom. The molecule has 2 heterocycles. The molecule has 6 heteroatoms. The van der Waals surface area contributed by atoms with E-state index in [1.807, 2.05) is 0 Å². The van der Waals surface area contributed by atoms with E-state index in [0.29, 0.717) is 13.1 Å². The number of amides is 1. The number of nitrogens with two attached hydrogens (primary N) is 1. The summed E-state index contributed by atoms with van der Waals surface area (Å²) in [5, 5.41) is 6.42. The van der Waals surface area contributed by atoms with E-state index in [0.717, 1.165) is 23.8 Å². The van der Waals surface area contributed by atoms with E-state index in [4.69, 9.17) is 5.73 Å². The molecule has 1 amide bonds. The van der Waals surface area contributed by atoms with E-state index in [2.05, 4.69) is 41.4 Å². The lowest BCUT2D eigenvalue weighted by atomic mass is 9.98. The topological polar surface area (TPSA) is 71.2 Å². The van der Waals surface area contributed by atoms with Crippen LogP contribution in [0.5, 0.6) is 0 Å². The standard InChI is InChI=1S/C13H22N4OS/c1-13(2,3)12-16-9(8-19-12)7-17-5-4-15-6-10(17)11(14)18/h8,10,15H,4-7H2,1-3H3,(H2,14,18). The Labute approximate surface area is 118 Å². The molecule has 5 nitrogen and oxygen atoms in total. The third-order valence-electron chi connectivity index (χ3n) is 3.24.